The highest BCUT2D eigenvalue weighted by Gasteiger charge is 2.21. The first kappa shape index (κ1) is 10.7. The molecule has 1 aromatic heterocycles. The number of hydrogen-bond acceptors (Lipinski definition) is 4. The summed E-state index contributed by atoms with van der Waals surface area (Å²) >= 11 is 1.58. The van der Waals surface area contributed by atoms with E-state index in [0.29, 0.717) is 11.2 Å². The Hall–Kier alpha value is -1.39. The average Bonchev–Trinajstić information content (AvgIpc) is 3.11. The Balaban J connectivity index is 1.86. The molecule has 88 valence electrons. The van der Waals surface area contributed by atoms with Crippen LogP contribution in [0.15, 0.2) is 30.3 Å². The Morgan fingerprint density at radius 2 is 2.06 bits per heavy atom. The molecule has 0 aliphatic heterocycles. The molecule has 3 nitrogen and oxygen atoms in total. The quantitative estimate of drug-likeness (QED) is 0.870. The van der Waals surface area contributed by atoms with Gasteiger partial charge in [0, 0.05) is 23.0 Å². The van der Waals surface area contributed by atoms with Crippen molar-refractivity contribution >= 4 is 16.5 Å². The molecule has 3 rings (SSSR count). The van der Waals surface area contributed by atoms with Gasteiger partial charge in [0.1, 0.15) is 0 Å². The summed E-state index contributed by atoms with van der Waals surface area (Å²) < 4.78 is 0. The van der Waals surface area contributed by atoms with Crippen molar-refractivity contribution in [2.45, 2.75) is 25.4 Å². The van der Waals surface area contributed by atoms with Crippen LogP contribution in [-0.2, 0) is 6.54 Å². The molecule has 0 atom stereocenters. The summed E-state index contributed by atoms with van der Waals surface area (Å²) in [6.07, 6.45) is 2.60. The van der Waals surface area contributed by atoms with Gasteiger partial charge in [0.25, 0.3) is 0 Å². The van der Waals surface area contributed by atoms with E-state index in [2.05, 4.69) is 22.4 Å². The lowest BCUT2D eigenvalue weighted by Gasteiger charge is -2.03. The number of nitrogens with two attached hydrogens (primary N) is 1. The van der Waals surface area contributed by atoms with Crippen molar-refractivity contribution in [1.29, 1.82) is 0 Å². The van der Waals surface area contributed by atoms with Gasteiger partial charge in [-0.15, -0.1) is 11.3 Å². The number of thiazole rings is 1. The van der Waals surface area contributed by atoms with Gasteiger partial charge in [0.05, 0.1) is 5.69 Å². The molecular weight excluding hydrogens is 230 g/mol. The van der Waals surface area contributed by atoms with Gasteiger partial charge in [0.2, 0.25) is 0 Å². The average molecular weight is 245 g/mol. The number of rotatable bonds is 4. The lowest BCUT2D eigenvalue weighted by Crippen LogP contribution is -2.14. The predicted octanol–water partition coefficient (Wildman–Crippen LogP) is 2.64. The van der Waals surface area contributed by atoms with Crippen LogP contribution in [0, 0.1) is 0 Å². The van der Waals surface area contributed by atoms with Crippen LogP contribution in [0.1, 0.15) is 17.7 Å². The number of hydrogen-bond donors (Lipinski definition) is 2. The Kier molecular flexibility index (Phi) is 2.82. The van der Waals surface area contributed by atoms with Gasteiger partial charge in [-0.05, 0) is 12.8 Å². The van der Waals surface area contributed by atoms with Gasteiger partial charge in [-0.2, -0.15) is 0 Å². The van der Waals surface area contributed by atoms with Gasteiger partial charge in [-0.25, -0.2) is 4.98 Å². The number of aromatic nitrogens is 1. The first-order valence-electron chi connectivity index (χ1n) is 5.87. The van der Waals surface area contributed by atoms with Crippen molar-refractivity contribution in [2.75, 3.05) is 5.73 Å². The topological polar surface area (TPSA) is 50.9 Å². The fraction of sp³-hybridized carbons (Fsp3) is 0.308. The summed E-state index contributed by atoms with van der Waals surface area (Å²) in [5.41, 5.74) is 7.99. The van der Waals surface area contributed by atoms with Gasteiger partial charge in [-0.1, -0.05) is 30.3 Å². The molecular formula is C13H15N3S. The van der Waals surface area contributed by atoms with Crippen molar-refractivity contribution in [3.05, 3.63) is 35.2 Å². The van der Waals surface area contributed by atoms with Crippen molar-refractivity contribution < 1.29 is 0 Å². The predicted molar refractivity (Wildman–Crippen MR) is 71.8 cm³/mol. The lowest BCUT2D eigenvalue weighted by molar-refractivity contribution is 0.695. The molecule has 0 radical (unpaired) electrons. The summed E-state index contributed by atoms with van der Waals surface area (Å²) in [5.74, 6) is 0. The van der Waals surface area contributed by atoms with Crippen LogP contribution in [0.2, 0.25) is 0 Å². The van der Waals surface area contributed by atoms with E-state index in [9.17, 15) is 0 Å². The summed E-state index contributed by atoms with van der Waals surface area (Å²) in [5, 5.41) is 4.16. The van der Waals surface area contributed by atoms with Crippen molar-refractivity contribution in [2.24, 2.45) is 0 Å². The van der Waals surface area contributed by atoms with E-state index in [1.807, 2.05) is 18.2 Å². The largest absolute Gasteiger partial charge is 0.375 e. The molecule has 0 unspecified atom stereocenters. The third kappa shape index (κ3) is 2.48. The molecule has 1 aliphatic rings. The molecule has 0 amide bonds. The van der Waals surface area contributed by atoms with Crippen LogP contribution >= 0.6 is 11.3 Å². The number of nitrogen functional groups attached to an aromatic ring is 1. The van der Waals surface area contributed by atoms with E-state index in [0.717, 1.165) is 17.8 Å². The van der Waals surface area contributed by atoms with Gasteiger partial charge >= 0.3 is 0 Å². The van der Waals surface area contributed by atoms with Crippen LogP contribution in [0.4, 0.5) is 5.13 Å². The molecule has 3 N–H and O–H groups in total. The maximum atomic E-state index is 5.82. The normalized spacial score (nSPS) is 15.1. The molecule has 0 bridgehead atoms. The number of anilines is 1. The second-order valence-electron chi connectivity index (χ2n) is 4.35. The number of nitrogens with one attached hydrogen (secondary N) is 1. The molecule has 1 heterocycles. The molecule has 1 saturated carbocycles. The zero-order valence-electron chi connectivity index (χ0n) is 9.52. The minimum Gasteiger partial charge on any atom is -0.375 e. The maximum absolute atomic E-state index is 5.82. The second kappa shape index (κ2) is 4.47. The van der Waals surface area contributed by atoms with E-state index >= 15 is 0 Å². The van der Waals surface area contributed by atoms with E-state index in [4.69, 9.17) is 5.73 Å². The van der Waals surface area contributed by atoms with Crippen LogP contribution in [0.25, 0.3) is 11.3 Å². The fourth-order valence-corrected chi connectivity index (χ4v) is 2.64. The van der Waals surface area contributed by atoms with Gasteiger partial charge in [0.15, 0.2) is 5.13 Å². The van der Waals surface area contributed by atoms with Gasteiger partial charge in [-0.3, -0.25) is 0 Å². The highest BCUT2D eigenvalue weighted by Crippen LogP contribution is 2.30. The molecule has 0 spiro atoms. The van der Waals surface area contributed by atoms with E-state index in [1.54, 1.807) is 11.3 Å². The minimum atomic E-state index is 0.649. The highest BCUT2D eigenvalue weighted by atomic mass is 32.1. The maximum Gasteiger partial charge on any atom is 0.180 e. The van der Waals surface area contributed by atoms with E-state index in [1.165, 1.54) is 17.7 Å². The Morgan fingerprint density at radius 3 is 2.76 bits per heavy atom. The van der Waals surface area contributed by atoms with Crippen molar-refractivity contribution in [3.63, 3.8) is 0 Å². The molecule has 1 aromatic carbocycles. The monoisotopic (exact) mass is 245 g/mol. The van der Waals surface area contributed by atoms with Crippen LogP contribution in [-0.4, -0.2) is 11.0 Å². The SMILES string of the molecule is Nc1nc(-c2ccccc2)c(CNC2CC2)s1. The Labute approximate surface area is 105 Å². The Morgan fingerprint density at radius 1 is 1.29 bits per heavy atom. The van der Waals surface area contributed by atoms with E-state index in [-0.39, 0.29) is 0 Å². The molecule has 2 aromatic rings. The smallest absolute Gasteiger partial charge is 0.180 e. The van der Waals surface area contributed by atoms with Crippen molar-refractivity contribution in [3.8, 4) is 11.3 Å². The first-order valence-corrected chi connectivity index (χ1v) is 6.68. The third-order valence-corrected chi connectivity index (χ3v) is 3.77. The van der Waals surface area contributed by atoms with Gasteiger partial charge < -0.3 is 11.1 Å². The minimum absolute atomic E-state index is 0.649. The second-order valence-corrected chi connectivity index (χ2v) is 5.46. The summed E-state index contributed by atoms with van der Waals surface area (Å²) in [6, 6.07) is 10.9. The number of benzene rings is 1. The highest BCUT2D eigenvalue weighted by molar-refractivity contribution is 7.15. The van der Waals surface area contributed by atoms with Crippen LogP contribution in [0.3, 0.4) is 0 Å². The standard InChI is InChI=1S/C13H15N3S/c14-13-16-12(9-4-2-1-3-5-9)11(17-13)8-15-10-6-7-10/h1-5,10,15H,6-8H2,(H2,14,16). The molecule has 0 saturated heterocycles. The van der Waals surface area contributed by atoms with Crippen LogP contribution in [0.5, 0.6) is 0 Å². The molecule has 4 heteroatoms. The first-order chi connectivity index (χ1) is 8.33. The summed E-state index contributed by atoms with van der Waals surface area (Å²) in [6.45, 7) is 0.879. The molecule has 1 aliphatic carbocycles. The van der Waals surface area contributed by atoms with Crippen molar-refractivity contribution in [1.82, 2.24) is 10.3 Å². The summed E-state index contributed by atoms with van der Waals surface area (Å²) in [7, 11) is 0. The number of nitrogens with zero attached hydrogens (tertiary/aromatic N) is 1. The zero-order valence-corrected chi connectivity index (χ0v) is 10.3. The molecule has 17 heavy (non-hydrogen) atoms. The fourth-order valence-electron chi connectivity index (χ4n) is 1.84. The third-order valence-electron chi connectivity index (χ3n) is 2.89. The Bertz CT molecular complexity index is 503. The van der Waals surface area contributed by atoms with Crippen LogP contribution < -0.4 is 11.1 Å². The zero-order chi connectivity index (χ0) is 11.7. The molecule has 1 fully saturated rings. The lowest BCUT2D eigenvalue weighted by atomic mass is 10.1. The summed E-state index contributed by atoms with van der Waals surface area (Å²) in [4.78, 5) is 5.67. The van der Waals surface area contributed by atoms with E-state index < -0.39 is 0 Å².